The number of methoxy groups -OCH3 is 2. The number of nitrogens with one attached hydrogen (secondary N) is 2. The minimum absolute atomic E-state index is 0.165. The molecule has 2 atom stereocenters. The number of hydrogen-bond donors (Lipinski definition) is 2. The molecule has 0 heterocycles. The SMILES string of the molecule is CO[C@@H](C(=O)NCCCCNC(=O)[C@H](OC)c1ccccc1)c1ccccc1. The Hall–Kier alpha value is -2.70. The fourth-order valence-corrected chi connectivity index (χ4v) is 2.90. The van der Waals surface area contributed by atoms with Crippen molar-refractivity contribution >= 4 is 11.8 Å². The molecule has 0 aliphatic rings. The van der Waals surface area contributed by atoms with Gasteiger partial charge in [0.15, 0.2) is 12.2 Å². The van der Waals surface area contributed by atoms with Crippen LogP contribution >= 0.6 is 0 Å². The van der Waals surface area contributed by atoms with Crippen molar-refractivity contribution in [3.05, 3.63) is 71.8 Å². The molecule has 0 spiro atoms. The number of carbonyl (C=O) groups excluding carboxylic acids is 2. The number of amides is 2. The lowest BCUT2D eigenvalue weighted by atomic mass is 10.1. The zero-order chi connectivity index (χ0) is 20.2. The van der Waals surface area contributed by atoms with Crippen molar-refractivity contribution < 1.29 is 19.1 Å². The molecule has 2 aromatic carbocycles. The maximum absolute atomic E-state index is 12.3. The van der Waals surface area contributed by atoms with Gasteiger partial charge >= 0.3 is 0 Å². The van der Waals surface area contributed by atoms with Crippen molar-refractivity contribution in [1.82, 2.24) is 10.6 Å². The molecule has 0 aliphatic heterocycles. The molecule has 0 saturated carbocycles. The van der Waals surface area contributed by atoms with E-state index in [0.29, 0.717) is 13.1 Å². The Labute approximate surface area is 166 Å². The van der Waals surface area contributed by atoms with Crippen molar-refractivity contribution in [2.24, 2.45) is 0 Å². The molecule has 6 heteroatoms. The molecule has 6 nitrogen and oxygen atoms in total. The Morgan fingerprint density at radius 2 is 1.07 bits per heavy atom. The van der Waals surface area contributed by atoms with E-state index < -0.39 is 12.2 Å². The van der Waals surface area contributed by atoms with Crippen LogP contribution in [-0.4, -0.2) is 39.1 Å². The van der Waals surface area contributed by atoms with Gasteiger partial charge in [-0.15, -0.1) is 0 Å². The van der Waals surface area contributed by atoms with Crippen LogP contribution in [0.2, 0.25) is 0 Å². The summed E-state index contributed by atoms with van der Waals surface area (Å²) in [4.78, 5) is 24.6. The lowest BCUT2D eigenvalue weighted by Gasteiger charge is -2.16. The van der Waals surface area contributed by atoms with Gasteiger partial charge < -0.3 is 20.1 Å². The highest BCUT2D eigenvalue weighted by Gasteiger charge is 2.20. The normalized spacial score (nSPS) is 12.8. The summed E-state index contributed by atoms with van der Waals surface area (Å²) in [7, 11) is 3.04. The molecule has 28 heavy (non-hydrogen) atoms. The maximum atomic E-state index is 12.3. The van der Waals surface area contributed by atoms with E-state index in [1.54, 1.807) is 0 Å². The van der Waals surface area contributed by atoms with Crippen molar-refractivity contribution in [2.45, 2.75) is 25.0 Å². The molecule has 0 aromatic heterocycles. The highest BCUT2D eigenvalue weighted by molar-refractivity contribution is 5.82. The van der Waals surface area contributed by atoms with Crippen molar-refractivity contribution in [3.63, 3.8) is 0 Å². The minimum Gasteiger partial charge on any atom is -0.367 e. The third kappa shape index (κ3) is 6.48. The van der Waals surface area contributed by atoms with E-state index >= 15 is 0 Å². The first-order chi connectivity index (χ1) is 13.7. The summed E-state index contributed by atoms with van der Waals surface area (Å²) in [6.45, 7) is 1.04. The first-order valence-electron chi connectivity index (χ1n) is 9.38. The number of rotatable bonds is 11. The molecule has 0 saturated heterocycles. The molecule has 0 aliphatic carbocycles. The van der Waals surface area contributed by atoms with Gasteiger partial charge in [0.2, 0.25) is 0 Å². The summed E-state index contributed by atoms with van der Waals surface area (Å²) in [6, 6.07) is 18.7. The van der Waals surface area contributed by atoms with E-state index in [9.17, 15) is 9.59 Å². The highest BCUT2D eigenvalue weighted by atomic mass is 16.5. The summed E-state index contributed by atoms with van der Waals surface area (Å²) in [5.74, 6) is -0.331. The van der Waals surface area contributed by atoms with Crippen molar-refractivity contribution in [1.29, 1.82) is 0 Å². The number of hydrogen-bond acceptors (Lipinski definition) is 4. The van der Waals surface area contributed by atoms with Crippen LogP contribution in [0.25, 0.3) is 0 Å². The standard InChI is InChI=1S/C22H28N2O4/c1-27-19(17-11-5-3-6-12-17)21(25)23-15-9-10-16-24-22(26)20(28-2)18-13-7-4-8-14-18/h3-8,11-14,19-20H,9-10,15-16H2,1-2H3,(H,23,25)(H,24,26)/t19-,20-/m1/s1. The number of unbranched alkanes of at least 4 members (excludes halogenated alkanes) is 1. The van der Waals surface area contributed by atoms with Crippen LogP contribution in [0.5, 0.6) is 0 Å². The monoisotopic (exact) mass is 384 g/mol. The van der Waals surface area contributed by atoms with E-state index in [2.05, 4.69) is 10.6 Å². The zero-order valence-electron chi connectivity index (χ0n) is 16.4. The second-order valence-electron chi connectivity index (χ2n) is 6.34. The predicted molar refractivity (Wildman–Crippen MR) is 108 cm³/mol. The molecule has 2 aromatic rings. The Bertz CT molecular complexity index is 658. The molecule has 2 N–H and O–H groups in total. The molecule has 0 fully saturated rings. The van der Waals surface area contributed by atoms with Gasteiger partial charge in [-0.05, 0) is 24.0 Å². The maximum Gasteiger partial charge on any atom is 0.253 e. The largest absolute Gasteiger partial charge is 0.367 e. The summed E-state index contributed by atoms with van der Waals surface area (Å²) in [6.07, 6.45) is 0.268. The number of benzene rings is 2. The first-order valence-corrected chi connectivity index (χ1v) is 9.38. The third-order valence-corrected chi connectivity index (χ3v) is 4.35. The molecular formula is C22H28N2O4. The van der Waals surface area contributed by atoms with Crippen LogP contribution in [0.1, 0.15) is 36.2 Å². The summed E-state index contributed by atoms with van der Waals surface area (Å²) in [5.41, 5.74) is 1.64. The van der Waals surface area contributed by atoms with Gasteiger partial charge in [0.05, 0.1) is 0 Å². The van der Waals surface area contributed by atoms with E-state index in [4.69, 9.17) is 9.47 Å². The van der Waals surface area contributed by atoms with Crippen LogP contribution < -0.4 is 10.6 Å². The van der Waals surface area contributed by atoms with E-state index in [0.717, 1.165) is 24.0 Å². The van der Waals surface area contributed by atoms with E-state index in [1.165, 1.54) is 14.2 Å². The van der Waals surface area contributed by atoms with Gasteiger partial charge in [0, 0.05) is 27.3 Å². The third-order valence-electron chi connectivity index (χ3n) is 4.35. The lowest BCUT2D eigenvalue weighted by molar-refractivity contribution is -0.132. The Kier molecular flexibility index (Phi) is 9.18. The first kappa shape index (κ1) is 21.6. The second-order valence-corrected chi connectivity index (χ2v) is 6.34. The smallest absolute Gasteiger partial charge is 0.253 e. The molecule has 2 rings (SSSR count). The van der Waals surface area contributed by atoms with E-state index in [1.807, 2.05) is 60.7 Å². The predicted octanol–water partition coefficient (Wildman–Crippen LogP) is 2.77. The molecule has 0 bridgehead atoms. The molecule has 2 amide bonds. The average molecular weight is 384 g/mol. The van der Waals surface area contributed by atoms with Crippen LogP contribution in [0.3, 0.4) is 0 Å². The Balaban J connectivity index is 1.67. The summed E-state index contributed by atoms with van der Waals surface area (Å²) in [5, 5.41) is 5.76. The number of carbonyl (C=O) groups is 2. The van der Waals surface area contributed by atoms with Gasteiger partial charge in [-0.2, -0.15) is 0 Å². The number of ether oxygens (including phenoxy) is 2. The van der Waals surface area contributed by atoms with Crippen LogP contribution in [0, 0.1) is 0 Å². The summed E-state index contributed by atoms with van der Waals surface area (Å²) < 4.78 is 10.6. The zero-order valence-corrected chi connectivity index (χ0v) is 16.4. The van der Waals surface area contributed by atoms with Crippen LogP contribution in [0.4, 0.5) is 0 Å². The van der Waals surface area contributed by atoms with Gasteiger partial charge in [-0.25, -0.2) is 0 Å². The van der Waals surface area contributed by atoms with E-state index in [-0.39, 0.29) is 11.8 Å². The minimum atomic E-state index is -0.616. The lowest BCUT2D eigenvalue weighted by Crippen LogP contribution is -2.33. The van der Waals surface area contributed by atoms with Crippen LogP contribution in [0.15, 0.2) is 60.7 Å². The van der Waals surface area contributed by atoms with Gasteiger partial charge in [0.25, 0.3) is 11.8 Å². The molecule has 0 radical (unpaired) electrons. The van der Waals surface area contributed by atoms with Crippen molar-refractivity contribution in [3.8, 4) is 0 Å². The topological polar surface area (TPSA) is 76.7 Å². The molecular weight excluding hydrogens is 356 g/mol. The van der Waals surface area contributed by atoms with Crippen LogP contribution in [-0.2, 0) is 19.1 Å². The molecule has 150 valence electrons. The Morgan fingerprint density at radius 1 is 0.714 bits per heavy atom. The average Bonchev–Trinajstić information content (AvgIpc) is 2.73. The summed E-state index contributed by atoms with van der Waals surface area (Å²) >= 11 is 0. The Morgan fingerprint density at radius 3 is 1.39 bits per heavy atom. The quantitative estimate of drug-likeness (QED) is 0.584. The van der Waals surface area contributed by atoms with Gasteiger partial charge in [0.1, 0.15) is 0 Å². The fraction of sp³-hybridized carbons (Fsp3) is 0.364. The molecule has 0 unspecified atom stereocenters. The fourth-order valence-electron chi connectivity index (χ4n) is 2.90. The van der Waals surface area contributed by atoms with Crippen molar-refractivity contribution in [2.75, 3.05) is 27.3 Å². The van der Waals surface area contributed by atoms with Gasteiger partial charge in [-0.1, -0.05) is 60.7 Å². The van der Waals surface area contributed by atoms with Gasteiger partial charge in [-0.3, -0.25) is 9.59 Å². The second kappa shape index (κ2) is 11.9. The highest BCUT2D eigenvalue weighted by Crippen LogP contribution is 2.17.